The van der Waals surface area contributed by atoms with Crippen molar-refractivity contribution in [1.29, 1.82) is 0 Å². The topological polar surface area (TPSA) is 93.9 Å². The molecule has 2 saturated heterocycles. The van der Waals surface area contributed by atoms with Crippen molar-refractivity contribution < 1.29 is 19.1 Å². The largest absolute Gasteiger partial charge is 0.453 e. The first-order valence-electron chi connectivity index (χ1n) is 6.55. The molecule has 0 radical (unpaired) electrons. The molecule has 19 heavy (non-hydrogen) atoms. The molecule has 0 saturated carbocycles. The fourth-order valence-corrected chi connectivity index (χ4v) is 2.55. The first-order chi connectivity index (χ1) is 9.05. The third-order valence-electron chi connectivity index (χ3n) is 3.79. The second kappa shape index (κ2) is 5.75. The number of likely N-dealkylation sites (tertiary alicyclic amines) is 1. The molecule has 3 N–H and O–H groups in total. The van der Waals surface area contributed by atoms with E-state index in [0.29, 0.717) is 39.1 Å². The van der Waals surface area contributed by atoms with E-state index in [9.17, 15) is 9.59 Å². The number of carbonyl (C=O) groups excluding carboxylic acids is 2. The van der Waals surface area contributed by atoms with Crippen LogP contribution in [-0.2, 0) is 14.3 Å². The summed E-state index contributed by atoms with van der Waals surface area (Å²) in [6.07, 6.45) is 1.37. The number of nitrogens with two attached hydrogens (primary N) is 1. The van der Waals surface area contributed by atoms with Gasteiger partial charge in [-0.1, -0.05) is 0 Å². The Labute approximate surface area is 112 Å². The quantitative estimate of drug-likeness (QED) is 0.703. The van der Waals surface area contributed by atoms with Crippen LogP contribution in [0.15, 0.2) is 0 Å². The molecule has 0 aliphatic carbocycles. The molecular formula is C12H21N3O4. The standard InChI is InChI=1S/C12H21N3O4/c1-18-11(17)14-9-2-5-15(8-9)10(16)12(13)3-6-19-7-4-12/h9H,2-8,13H2,1H3,(H,14,17). The average Bonchev–Trinajstić information content (AvgIpc) is 2.87. The van der Waals surface area contributed by atoms with Crippen molar-refractivity contribution >= 4 is 12.0 Å². The summed E-state index contributed by atoms with van der Waals surface area (Å²) in [5.41, 5.74) is 5.36. The number of alkyl carbamates (subject to hydrolysis) is 1. The molecule has 0 aromatic rings. The van der Waals surface area contributed by atoms with E-state index in [1.807, 2.05) is 0 Å². The third kappa shape index (κ3) is 3.16. The highest BCUT2D eigenvalue weighted by molar-refractivity contribution is 5.86. The van der Waals surface area contributed by atoms with Gasteiger partial charge in [0.05, 0.1) is 18.7 Å². The van der Waals surface area contributed by atoms with Crippen LogP contribution in [0.2, 0.25) is 0 Å². The van der Waals surface area contributed by atoms with Crippen LogP contribution in [0.5, 0.6) is 0 Å². The van der Waals surface area contributed by atoms with Gasteiger partial charge in [-0.2, -0.15) is 0 Å². The lowest BCUT2D eigenvalue weighted by Crippen LogP contribution is -2.58. The fraction of sp³-hybridized carbons (Fsp3) is 0.833. The smallest absolute Gasteiger partial charge is 0.407 e. The Hall–Kier alpha value is -1.34. The Morgan fingerprint density at radius 3 is 2.74 bits per heavy atom. The highest BCUT2D eigenvalue weighted by Crippen LogP contribution is 2.23. The van der Waals surface area contributed by atoms with Crippen LogP contribution >= 0.6 is 0 Å². The van der Waals surface area contributed by atoms with Crippen molar-refractivity contribution in [3.8, 4) is 0 Å². The molecule has 0 aromatic carbocycles. The molecule has 2 amide bonds. The number of carbonyl (C=O) groups is 2. The van der Waals surface area contributed by atoms with Crippen LogP contribution in [0.1, 0.15) is 19.3 Å². The molecule has 2 aliphatic heterocycles. The predicted octanol–water partition coefficient (Wildman–Crippen LogP) is -0.549. The number of ether oxygens (including phenoxy) is 2. The van der Waals surface area contributed by atoms with Crippen molar-refractivity contribution in [2.75, 3.05) is 33.4 Å². The number of hydrogen-bond acceptors (Lipinski definition) is 5. The van der Waals surface area contributed by atoms with Crippen molar-refractivity contribution in [2.24, 2.45) is 5.73 Å². The number of methoxy groups -OCH3 is 1. The summed E-state index contributed by atoms with van der Waals surface area (Å²) >= 11 is 0. The normalized spacial score (nSPS) is 26.0. The minimum absolute atomic E-state index is 0.0371. The number of nitrogens with zero attached hydrogens (tertiary/aromatic N) is 1. The molecule has 0 aromatic heterocycles. The van der Waals surface area contributed by atoms with Gasteiger partial charge >= 0.3 is 6.09 Å². The predicted molar refractivity (Wildman–Crippen MR) is 67.5 cm³/mol. The van der Waals surface area contributed by atoms with E-state index in [4.69, 9.17) is 10.5 Å². The first kappa shape index (κ1) is 14.1. The molecule has 0 spiro atoms. The second-order valence-electron chi connectivity index (χ2n) is 5.14. The number of rotatable bonds is 2. The van der Waals surface area contributed by atoms with Crippen LogP contribution in [0.3, 0.4) is 0 Å². The Morgan fingerprint density at radius 1 is 1.42 bits per heavy atom. The molecule has 2 rings (SSSR count). The van der Waals surface area contributed by atoms with E-state index in [2.05, 4.69) is 10.1 Å². The van der Waals surface area contributed by atoms with Gasteiger partial charge in [0.25, 0.3) is 0 Å². The first-order valence-corrected chi connectivity index (χ1v) is 6.55. The molecule has 1 atom stereocenters. The summed E-state index contributed by atoms with van der Waals surface area (Å²) in [5.74, 6) is -0.0371. The lowest BCUT2D eigenvalue weighted by Gasteiger charge is -2.35. The Bertz CT molecular complexity index is 355. The summed E-state index contributed by atoms with van der Waals surface area (Å²) in [7, 11) is 1.32. The van der Waals surface area contributed by atoms with E-state index >= 15 is 0 Å². The van der Waals surface area contributed by atoms with Crippen LogP contribution in [-0.4, -0.2) is 61.9 Å². The van der Waals surface area contributed by atoms with E-state index in [0.717, 1.165) is 6.42 Å². The maximum Gasteiger partial charge on any atom is 0.407 e. The van der Waals surface area contributed by atoms with E-state index < -0.39 is 11.6 Å². The van der Waals surface area contributed by atoms with Gasteiger partial charge in [-0.15, -0.1) is 0 Å². The molecular weight excluding hydrogens is 250 g/mol. The van der Waals surface area contributed by atoms with Gasteiger partial charge in [0.1, 0.15) is 0 Å². The monoisotopic (exact) mass is 271 g/mol. The van der Waals surface area contributed by atoms with Crippen LogP contribution in [0.25, 0.3) is 0 Å². The fourth-order valence-electron chi connectivity index (χ4n) is 2.55. The number of nitrogens with one attached hydrogen (secondary N) is 1. The third-order valence-corrected chi connectivity index (χ3v) is 3.79. The second-order valence-corrected chi connectivity index (χ2v) is 5.14. The zero-order chi connectivity index (χ0) is 13.9. The molecule has 2 fully saturated rings. The lowest BCUT2D eigenvalue weighted by molar-refractivity contribution is -0.139. The van der Waals surface area contributed by atoms with Crippen molar-refractivity contribution in [1.82, 2.24) is 10.2 Å². The Morgan fingerprint density at radius 2 is 2.11 bits per heavy atom. The van der Waals surface area contributed by atoms with Crippen LogP contribution < -0.4 is 11.1 Å². The van der Waals surface area contributed by atoms with E-state index in [-0.39, 0.29) is 11.9 Å². The van der Waals surface area contributed by atoms with Gasteiger partial charge in [0.15, 0.2) is 0 Å². The summed E-state index contributed by atoms with van der Waals surface area (Å²) < 4.78 is 9.79. The van der Waals surface area contributed by atoms with Gasteiger partial charge in [0.2, 0.25) is 5.91 Å². The molecule has 0 bridgehead atoms. The maximum absolute atomic E-state index is 12.4. The molecule has 7 heteroatoms. The zero-order valence-corrected chi connectivity index (χ0v) is 11.2. The summed E-state index contributed by atoms with van der Waals surface area (Å²) in [6.45, 7) is 2.17. The van der Waals surface area contributed by atoms with Gasteiger partial charge < -0.3 is 25.4 Å². The minimum Gasteiger partial charge on any atom is -0.453 e. The number of amides is 2. The summed E-state index contributed by atoms with van der Waals surface area (Å²) in [4.78, 5) is 25.3. The average molecular weight is 271 g/mol. The highest BCUT2D eigenvalue weighted by atomic mass is 16.5. The minimum atomic E-state index is -0.807. The Balaban J connectivity index is 1.89. The van der Waals surface area contributed by atoms with E-state index in [1.54, 1.807) is 4.90 Å². The molecule has 108 valence electrons. The zero-order valence-electron chi connectivity index (χ0n) is 11.2. The van der Waals surface area contributed by atoms with Crippen LogP contribution in [0.4, 0.5) is 4.79 Å². The number of hydrogen-bond donors (Lipinski definition) is 2. The van der Waals surface area contributed by atoms with E-state index in [1.165, 1.54) is 7.11 Å². The SMILES string of the molecule is COC(=O)NC1CCN(C(=O)C2(N)CCOCC2)C1. The molecule has 1 unspecified atom stereocenters. The molecule has 2 heterocycles. The highest BCUT2D eigenvalue weighted by Gasteiger charge is 2.41. The van der Waals surface area contributed by atoms with Gasteiger partial charge in [-0.25, -0.2) is 4.79 Å². The van der Waals surface area contributed by atoms with Crippen molar-refractivity contribution in [3.05, 3.63) is 0 Å². The maximum atomic E-state index is 12.4. The van der Waals surface area contributed by atoms with Crippen molar-refractivity contribution in [2.45, 2.75) is 30.8 Å². The van der Waals surface area contributed by atoms with Gasteiger partial charge in [-0.3, -0.25) is 4.79 Å². The lowest BCUT2D eigenvalue weighted by atomic mass is 9.90. The molecule has 2 aliphatic rings. The van der Waals surface area contributed by atoms with Crippen molar-refractivity contribution in [3.63, 3.8) is 0 Å². The van der Waals surface area contributed by atoms with Gasteiger partial charge in [-0.05, 0) is 19.3 Å². The van der Waals surface area contributed by atoms with Crippen LogP contribution in [0, 0.1) is 0 Å². The Kier molecular flexibility index (Phi) is 4.26. The summed E-state index contributed by atoms with van der Waals surface area (Å²) in [6, 6.07) is -0.0557. The molecule has 7 nitrogen and oxygen atoms in total. The van der Waals surface area contributed by atoms with Gasteiger partial charge in [0, 0.05) is 26.3 Å². The summed E-state index contributed by atoms with van der Waals surface area (Å²) in [5, 5.41) is 2.71.